The molecular formula is C23H41N9O3S2. The average molecular weight is 556 g/mol. The molecule has 1 heterocycles. The van der Waals surface area contributed by atoms with Crippen LogP contribution in [0.4, 0.5) is 0 Å². The van der Waals surface area contributed by atoms with Crippen molar-refractivity contribution in [3.63, 3.8) is 0 Å². The monoisotopic (exact) mass is 555 g/mol. The van der Waals surface area contributed by atoms with Gasteiger partial charge in [0.1, 0.15) is 13.2 Å². The topological polar surface area (TPSA) is 226 Å². The van der Waals surface area contributed by atoms with Crippen molar-refractivity contribution in [3.8, 4) is 11.5 Å². The molecule has 208 valence electrons. The van der Waals surface area contributed by atoms with Gasteiger partial charge in [-0.2, -0.15) is 0 Å². The number of hydrogen-bond donors (Lipinski definition) is 8. The predicted octanol–water partition coefficient (Wildman–Crippen LogP) is -0.0306. The summed E-state index contributed by atoms with van der Waals surface area (Å²) in [5.41, 5.74) is 30.4. The fraction of sp³-hybridized carbons (Fsp3) is 0.609. The molecule has 1 aliphatic heterocycles. The van der Waals surface area contributed by atoms with Gasteiger partial charge in [-0.05, 0) is 42.5 Å². The summed E-state index contributed by atoms with van der Waals surface area (Å²) in [6, 6.07) is 3.38. The van der Waals surface area contributed by atoms with Crippen LogP contribution in [0.5, 0.6) is 11.5 Å². The summed E-state index contributed by atoms with van der Waals surface area (Å²) in [6.45, 7) is 2.80. The molecule has 2 atom stereocenters. The highest BCUT2D eigenvalue weighted by atomic mass is 33.1. The molecule has 0 bridgehead atoms. The molecule has 0 aliphatic carbocycles. The van der Waals surface area contributed by atoms with Crippen LogP contribution >= 0.6 is 21.6 Å². The van der Waals surface area contributed by atoms with Crippen molar-refractivity contribution in [1.82, 2.24) is 10.6 Å². The van der Waals surface area contributed by atoms with Gasteiger partial charge in [-0.15, -0.1) is 0 Å². The number of aliphatic imine (C=N–C) groups is 1. The zero-order chi connectivity index (χ0) is 27.0. The van der Waals surface area contributed by atoms with E-state index in [2.05, 4.69) is 15.6 Å². The molecule has 0 saturated heterocycles. The molecule has 1 aromatic carbocycles. The second-order valence-electron chi connectivity index (χ2n) is 8.66. The van der Waals surface area contributed by atoms with Crippen molar-refractivity contribution in [2.45, 2.75) is 49.3 Å². The summed E-state index contributed by atoms with van der Waals surface area (Å²) >= 11 is 0. The standard InChI is InChI=1S/C23H41N9O3S2/c24-17(4-5-32-23(28)29)12-30-6-8-34-19-10-15-13-36-37-14-16(15)11-20(19)35-9-7-31-22(33)18(25)2-1-3-21(26)27/h10-11,17-18,30H,1-9,12-14,24-25H2,(H3,26,27)(H,31,33)(H4,28,29,32)/t17-,18-/m0/s1. The van der Waals surface area contributed by atoms with Crippen molar-refractivity contribution in [2.24, 2.45) is 33.7 Å². The van der Waals surface area contributed by atoms with E-state index in [9.17, 15) is 4.79 Å². The van der Waals surface area contributed by atoms with Gasteiger partial charge in [0.05, 0.1) is 18.4 Å². The molecule has 1 amide bonds. The summed E-state index contributed by atoms with van der Waals surface area (Å²) in [4.78, 5) is 16.1. The van der Waals surface area contributed by atoms with E-state index in [0.717, 1.165) is 11.5 Å². The summed E-state index contributed by atoms with van der Waals surface area (Å²) in [6.07, 6.45) is 2.19. The van der Waals surface area contributed by atoms with Crippen molar-refractivity contribution in [2.75, 3.05) is 39.4 Å². The van der Waals surface area contributed by atoms with Crippen LogP contribution in [0.15, 0.2) is 17.1 Å². The number of carbonyl (C=O) groups excluding carboxylic acids is 1. The Balaban J connectivity index is 1.79. The van der Waals surface area contributed by atoms with E-state index >= 15 is 0 Å². The maximum atomic E-state index is 12.2. The number of nitrogens with one attached hydrogen (secondary N) is 3. The molecule has 0 unspecified atom stereocenters. The number of rotatable bonds is 18. The lowest BCUT2D eigenvalue weighted by Gasteiger charge is -2.20. The molecule has 0 radical (unpaired) electrons. The first-order chi connectivity index (χ1) is 17.8. The van der Waals surface area contributed by atoms with Gasteiger partial charge in [0.2, 0.25) is 5.91 Å². The maximum Gasteiger partial charge on any atom is 0.237 e. The quantitative estimate of drug-likeness (QED) is 0.0519. The van der Waals surface area contributed by atoms with Gasteiger partial charge in [0.15, 0.2) is 17.5 Å². The molecule has 1 aromatic rings. The minimum atomic E-state index is -0.636. The third-order valence-electron chi connectivity index (χ3n) is 5.47. The van der Waals surface area contributed by atoms with Crippen LogP contribution in [0.25, 0.3) is 0 Å². The van der Waals surface area contributed by atoms with E-state index in [1.165, 1.54) is 11.1 Å². The summed E-state index contributed by atoms with van der Waals surface area (Å²) in [7, 11) is 3.64. The largest absolute Gasteiger partial charge is 0.488 e. The highest BCUT2D eigenvalue weighted by molar-refractivity contribution is 8.76. The average Bonchev–Trinajstić information content (AvgIpc) is 2.85. The predicted molar refractivity (Wildman–Crippen MR) is 153 cm³/mol. The first-order valence-corrected chi connectivity index (χ1v) is 14.8. The molecule has 0 fully saturated rings. The highest BCUT2D eigenvalue weighted by Gasteiger charge is 2.17. The molecule has 2 rings (SSSR count). The summed E-state index contributed by atoms with van der Waals surface area (Å²) < 4.78 is 12.0. The minimum Gasteiger partial charge on any atom is -0.488 e. The molecule has 12 nitrogen and oxygen atoms in total. The van der Waals surface area contributed by atoms with Crippen molar-refractivity contribution < 1.29 is 14.3 Å². The lowest BCUT2D eigenvalue weighted by atomic mass is 10.1. The lowest BCUT2D eigenvalue weighted by molar-refractivity contribution is -0.122. The van der Waals surface area contributed by atoms with Crippen LogP contribution in [0.1, 0.15) is 36.8 Å². The van der Waals surface area contributed by atoms with E-state index in [4.69, 9.17) is 43.6 Å². The van der Waals surface area contributed by atoms with Crippen molar-refractivity contribution >= 4 is 39.3 Å². The van der Waals surface area contributed by atoms with Crippen LogP contribution < -0.4 is 48.8 Å². The Kier molecular flexibility index (Phi) is 14.3. The molecule has 1 aliphatic rings. The first-order valence-electron chi connectivity index (χ1n) is 12.3. The number of hydrogen-bond acceptors (Lipinski definition) is 10. The van der Waals surface area contributed by atoms with E-state index in [1.807, 2.05) is 33.7 Å². The van der Waals surface area contributed by atoms with E-state index in [-0.39, 0.29) is 30.4 Å². The number of nitrogens with two attached hydrogens (primary N) is 5. The Labute approximate surface area is 226 Å². The van der Waals surface area contributed by atoms with Crippen molar-refractivity contribution in [3.05, 3.63) is 23.3 Å². The van der Waals surface area contributed by atoms with Crippen LogP contribution in [0.3, 0.4) is 0 Å². The van der Waals surface area contributed by atoms with Crippen LogP contribution in [0, 0.1) is 5.41 Å². The van der Waals surface area contributed by atoms with Gasteiger partial charge < -0.3 is 48.8 Å². The Hall–Kier alpha value is -2.39. The maximum absolute atomic E-state index is 12.2. The molecule has 13 N–H and O–H groups in total. The second-order valence-corrected chi connectivity index (χ2v) is 11.1. The molecule has 37 heavy (non-hydrogen) atoms. The van der Waals surface area contributed by atoms with Gasteiger partial charge in [-0.3, -0.25) is 15.2 Å². The lowest BCUT2D eigenvalue weighted by Crippen LogP contribution is -2.42. The number of guanidine groups is 1. The number of fused-ring (bicyclic) bond motifs is 1. The highest BCUT2D eigenvalue weighted by Crippen LogP contribution is 2.41. The van der Waals surface area contributed by atoms with Crippen LogP contribution in [0.2, 0.25) is 0 Å². The molecule has 0 aromatic heterocycles. The van der Waals surface area contributed by atoms with Gasteiger partial charge in [-0.25, -0.2) is 0 Å². The van der Waals surface area contributed by atoms with Crippen molar-refractivity contribution in [1.29, 1.82) is 5.41 Å². The van der Waals surface area contributed by atoms with Gasteiger partial charge >= 0.3 is 0 Å². The second kappa shape index (κ2) is 17.2. The normalized spacial score (nSPS) is 14.2. The first kappa shape index (κ1) is 30.8. The Morgan fingerprint density at radius 3 is 2.24 bits per heavy atom. The molecule has 14 heteroatoms. The SMILES string of the molecule is N=C(N)CCC[C@H](N)C(=O)NCCOc1cc2c(cc1OCCNC[C@@H](N)CCN=C(N)N)CSSC2. The Morgan fingerprint density at radius 2 is 1.65 bits per heavy atom. The third kappa shape index (κ3) is 12.6. The Bertz CT molecular complexity index is 900. The van der Waals surface area contributed by atoms with Crippen LogP contribution in [-0.2, 0) is 16.3 Å². The zero-order valence-electron chi connectivity index (χ0n) is 21.2. The van der Waals surface area contributed by atoms with Crippen LogP contribution in [-0.4, -0.2) is 69.2 Å². The fourth-order valence-corrected chi connectivity index (χ4v) is 5.66. The number of amidine groups is 1. The van der Waals surface area contributed by atoms with Gasteiger partial charge in [0, 0.05) is 43.6 Å². The summed E-state index contributed by atoms with van der Waals surface area (Å²) in [5, 5.41) is 13.3. The van der Waals surface area contributed by atoms with Gasteiger partial charge in [0.25, 0.3) is 0 Å². The van der Waals surface area contributed by atoms with E-state index in [0.29, 0.717) is 70.0 Å². The number of amides is 1. The number of benzene rings is 1. The zero-order valence-corrected chi connectivity index (χ0v) is 22.8. The minimum absolute atomic E-state index is 0.0577. The third-order valence-corrected chi connectivity index (χ3v) is 7.70. The molecular weight excluding hydrogens is 514 g/mol. The van der Waals surface area contributed by atoms with E-state index < -0.39 is 6.04 Å². The summed E-state index contributed by atoms with van der Waals surface area (Å²) in [5.74, 6) is 3.07. The molecule has 0 saturated carbocycles. The molecule has 0 spiro atoms. The number of nitrogens with zero attached hydrogens (tertiary/aromatic N) is 1. The van der Waals surface area contributed by atoms with Gasteiger partial charge in [-0.1, -0.05) is 21.6 Å². The number of ether oxygens (including phenoxy) is 2. The fourth-order valence-electron chi connectivity index (χ4n) is 3.44. The smallest absolute Gasteiger partial charge is 0.237 e. The van der Waals surface area contributed by atoms with E-state index in [1.54, 1.807) is 0 Å². The Morgan fingerprint density at radius 1 is 1.03 bits per heavy atom. The number of carbonyl (C=O) groups is 1.